The van der Waals surface area contributed by atoms with Crippen LogP contribution in [0.1, 0.15) is 37.3 Å². The highest BCUT2D eigenvalue weighted by molar-refractivity contribution is 5.38. The Labute approximate surface area is 91.9 Å². The van der Waals surface area contributed by atoms with E-state index in [0.717, 1.165) is 18.6 Å². The van der Waals surface area contributed by atoms with E-state index in [0.29, 0.717) is 0 Å². The van der Waals surface area contributed by atoms with Crippen molar-refractivity contribution in [2.45, 2.75) is 32.6 Å². The topological polar surface area (TPSA) is 29.5 Å². The van der Waals surface area contributed by atoms with E-state index >= 15 is 0 Å². The first-order valence-corrected chi connectivity index (χ1v) is 5.54. The van der Waals surface area contributed by atoms with E-state index in [1.165, 1.54) is 11.1 Å². The molecule has 0 amide bonds. The maximum absolute atomic E-state index is 9.24. The molecule has 0 bridgehead atoms. The fourth-order valence-electron chi connectivity index (χ4n) is 1.80. The third kappa shape index (κ3) is 2.72. The van der Waals surface area contributed by atoms with Crippen LogP contribution in [-0.2, 0) is 6.42 Å². The second kappa shape index (κ2) is 5.76. The summed E-state index contributed by atoms with van der Waals surface area (Å²) in [6.45, 7) is 4.42. The first-order chi connectivity index (χ1) is 7.26. The van der Waals surface area contributed by atoms with Crippen molar-refractivity contribution in [3.63, 3.8) is 0 Å². The van der Waals surface area contributed by atoms with Crippen LogP contribution in [-0.4, -0.2) is 18.8 Å². The largest absolute Gasteiger partial charge is 0.496 e. The molecule has 0 saturated carbocycles. The molecule has 0 aromatic heterocycles. The van der Waals surface area contributed by atoms with Gasteiger partial charge in [0.2, 0.25) is 0 Å². The molecule has 0 aliphatic heterocycles. The lowest BCUT2D eigenvalue weighted by molar-refractivity contribution is 0.262. The fraction of sp³-hybridized carbons (Fsp3) is 0.538. The van der Waals surface area contributed by atoms with Gasteiger partial charge in [-0.25, -0.2) is 0 Å². The van der Waals surface area contributed by atoms with Crippen LogP contribution in [0.15, 0.2) is 18.2 Å². The lowest BCUT2D eigenvalue weighted by Crippen LogP contribution is -2.03. The molecule has 1 N–H and O–H groups in total. The van der Waals surface area contributed by atoms with E-state index in [9.17, 15) is 5.11 Å². The second-order valence-corrected chi connectivity index (χ2v) is 3.71. The second-order valence-electron chi connectivity index (χ2n) is 3.71. The first kappa shape index (κ1) is 12.1. The smallest absolute Gasteiger partial charge is 0.122 e. The van der Waals surface area contributed by atoms with Crippen molar-refractivity contribution < 1.29 is 9.84 Å². The van der Waals surface area contributed by atoms with Crippen LogP contribution in [0.4, 0.5) is 0 Å². The van der Waals surface area contributed by atoms with Crippen LogP contribution in [0, 0.1) is 0 Å². The maximum atomic E-state index is 9.24. The molecule has 0 saturated heterocycles. The van der Waals surface area contributed by atoms with Crippen molar-refractivity contribution in [2.75, 3.05) is 13.7 Å². The Kier molecular flexibility index (Phi) is 4.63. The highest BCUT2D eigenvalue weighted by atomic mass is 16.5. The molecule has 0 aliphatic carbocycles. The van der Waals surface area contributed by atoms with Crippen LogP contribution >= 0.6 is 0 Å². The Balaban J connectivity index is 3.01. The molecule has 1 rings (SSSR count). The lowest BCUT2D eigenvalue weighted by atomic mass is 9.95. The fourth-order valence-corrected chi connectivity index (χ4v) is 1.80. The average Bonchev–Trinajstić information content (AvgIpc) is 2.30. The zero-order valence-electron chi connectivity index (χ0n) is 9.79. The molecule has 1 aromatic rings. The van der Waals surface area contributed by atoms with Gasteiger partial charge in [-0.1, -0.05) is 26.0 Å². The standard InChI is InChI=1S/C13H20O2/c1-4-10-8-12(11(5-2)9-14)6-7-13(10)15-3/h6-8,11,14H,4-5,9H2,1-3H3. The van der Waals surface area contributed by atoms with Crippen molar-refractivity contribution >= 4 is 0 Å². The number of aliphatic hydroxyl groups excluding tert-OH is 1. The minimum atomic E-state index is 0.214. The van der Waals surface area contributed by atoms with Crippen LogP contribution in [0.2, 0.25) is 0 Å². The van der Waals surface area contributed by atoms with E-state index in [4.69, 9.17) is 4.74 Å². The third-order valence-electron chi connectivity index (χ3n) is 2.87. The molecule has 84 valence electrons. The quantitative estimate of drug-likeness (QED) is 0.806. The summed E-state index contributed by atoms with van der Waals surface area (Å²) in [5, 5.41) is 9.24. The van der Waals surface area contributed by atoms with Gasteiger partial charge in [-0.05, 0) is 30.0 Å². The summed E-state index contributed by atoms with van der Waals surface area (Å²) in [6, 6.07) is 6.18. The first-order valence-electron chi connectivity index (χ1n) is 5.54. The van der Waals surface area contributed by atoms with E-state index in [1.807, 2.05) is 12.1 Å². The minimum Gasteiger partial charge on any atom is -0.496 e. The Morgan fingerprint density at radius 3 is 2.53 bits per heavy atom. The third-order valence-corrected chi connectivity index (χ3v) is 2.87. The molecule has 0 fully saturated rings. The predicted molar refractivity (Wildman–Crippen MR) is 62.5 cm³/mol. The Bertz CT molecular complexity index is 303. The maximum Gasteiger partial charge on any atom is 0.122 e. The highest BCUT2D eigenvalue weighted by Crippen LogP contribution is 2.26. The summed E-state index contributed by atoms with van der Waals surface area (Å²) >= 11 is 0. The number of hydrogen-bond acceptors (Lipinski definition) is 2. The number of rotatable bonds is 5. The normalized spacial score (nSPS) is 12.5. The highest BCUT2D eigenvalue weighted by Gasteiger charge is 2.10. The molecule has 1 aromatic carbocycles. The van der Waals surface area contributed by atoms with Crippen LogP contribution < -0.4 is 4.74 Å². The van der Waals surface area contributed by atoms with Gasteiger partial charge in [0, 0.05) is 12.5 Å². The van der Waals surface area contributed by atoms with Gasteiger partial charge in [0.05, 0.1) is 7.11 Å². The van der Waals surface area contributed by atoms with Crippen molar-refractivity contribution in [3.05, 3.63) is 29.3 Å². The number of ether oxygens (including phenoxy) is 1. The summed E-state index contributed by atoms with van der Waals surface area (Å²) in [5.74, 6) is 1.19. The molecule has 0 radical (unpaired) electrons. The van der Waals surface area contributed by atoms with Crippen molar-refractivity contribution in [1.82, 2.24) is 0 Å². The van der Waals surface area contributed by atoms with E-state index in [1.54, 1.807) is 7.11 Å². The monoisotopic (exact) mass is 208 g/mol. The number of hydrogen-bond donors (Lipinski definition) is 1. The zero-order chi connectivity index (χ0) is 11.3. The number of benzene rings is 1. The Hall–Kier alpha value is -1.02. The molecule has 1 unspecified atom stereocenters. The van der Waals surface area contributed by atoms with Gasteiger partial charge in [0.25, 0.3) is 0 Å². The van der Waals surface area contributed by atoms with Gasteiger partial charge in [-0.15, -0.1) is 0 Å². The Morgan fingerprint density at radius 2 is 2.07 bits per heavy atom. The van der Waals surface area contributed by atoms with Gasteiger partial charge in [0.15, 0.2) is 0 Å². The van der Waals surface area contributed by atoms with E-state index < -0.39 is 0 Å². The summed E-state index contributed by atoms with van der Waals surface area (Å²) in [6.07, 6.45) is 1.92. The summed E-state index contributed by atoms with van der Waals surface area (Å²) in [4.78, 5) is 0. The van der Waals surface area contributed by atoms with Gasteiger partial charge < -0.3 is 9.84 Å². The number of aliphatic hydroxyl groups is 1. The zero-order valence-corrected chi connectivity index (χ0v) is 9.79. The van der Waals surface area contributed by atoms with E-state index in [2.05, 4.69) is 19.9 Å². The SMILES string of the molecule is CCc1cc(C(CC)CO)ccc1OC. The average molecular weight is 208 g/mol. The molecular weight excluding hydrogens is 188 g/mol. The van der Waals surface area contributed by atoms with Crippen molar-refractivity contribution in [1.29, 1.82) is 0 Å². The predicted octanol–water partition coefficient (Wildman–Crippen LogP) is 2.74. The number of methoxy groups -OCH3 is 1. The molecule has 0 aliphatic rings. The van der Waals surface area contributed by atoms with Crippen LogP contribution in [0.5, 0.6) is 5.75 Å². The van der Waals surface area contributed by atoms with Crippen LogP contribution in [0.3, 0.4) is 0 Å². The van der Waals surface area contributed by atoms with Crippen molar-refractivity contribution in [3.8, 4) is 5.75 Å². The van der Waals surface area contributed by atoms with E-state index in [-0.39, 0.29) is 12.5 Å². The molecule has 2 nitrogen and oxygen atoms in total. The Morgan fingerprint density at radius 1 is 1.33 bits per heavy atom. The number of aryl methyl sites for hydroxylation is 1. The van der Waals surface area contributed by atoms with Crippen molar-refractivity contribution in [2.24, 2.45) is 0 Å². The molecule has 2 heteroatoms. The lowest BCUT2D eigenvalue weighted by Gasteiger charge is -2.15. The van der Waals surface area contributed by atoms with Gasteiger partial charge in [-0.2, -0.15) is 0 Å². The van der Waals surface area contributed by atoms with Crippen LogP contribution in [0.25, 0.3) is 0 Å². The molecule has 0 heterocycles. The molecular formula is C13H20O2. The summed E-state index contributed by atoms with van der Waals surface area (Å²) in [5.41, 5.74) is 2.42. The molecule has 0 spiro atoms. The summed E-state index contributed by atoms with van der Waals surface area (Å²) < 4.78 is 5.28. The van der Waals surface area contributed by atoms with Gasteiger partial charge in [0.1, 0.15) is 5.75 Å². The molecule has 15 heavy (non-hydrogen) atoms. The molecule has 1 atom stereocenters. The van der Waals surface area contributed by atoms with Gasteiger partial charge in [-0.3, -0.25) is 0 Å². The minimum absolute atomic E-state index is 0.214. The van der Waals surface area contributed by atoms with Gasteiger partial charge >= 0.3 is 0 Å². The summed E-state index contributed by atoms with van der Waals surface area (Å²) in [7, 11) is 1.69.